The minimum absolute atomic E-state index is 0.0972. The molecule has 22 heavy (non-hydrogen) atoms. The summed E-state index contributed by atoms with van der Waals surface area (Å²) in [5, 5.41) is 0. The fourth-order valence-corrected chi connectivity index (χ4v) is 3.44. The van der Waals surface area contributed by atoms with E-state index in [1.54, 1.807) is 6.33 Å². The summed E-state index contributed by atoms with van der Waals surface area (Å²) in [5.41, 5.74) is 3.19. The van der Waals surface area contributed by atoms with Crippen LogP contribution in [0.1, 0.15) is 35.8 Å². The zero-order chi connectivity index (χ0) is 14.9. The highest BCUT2D eigenvalue weighted by Crippen LogP contribution is 2.34. The first-order valence-electron chi connectivity index (χ1n) is 7.84. The molecule has 0 saturated carbocycles. The molecule has 3 heterocycles. The number of carbonyl (C=O) groups excluding carboxylic acids is 1. The van der Waals surface area contributed by atoms with Crippen LogP contribution in [0, 0.1) is 0 Å². The van der Waals surface area contributed by atoms with E-state index >= 15 is 0 Å². The first-order valence-corrected chi connectivity index (χ1v) is 7.84. The lowest BCUT2D eigenvalue weighted by molar-refractivity contribution is -0.143. The van der Waals surface area contributed by atoms with Gasteiger partial charge in [-0.15, -0.1) is 0 Å². The average Bonchev–Trinajstić information content (AvgIpc) is 3.25. The molecular weight excluding hydrogens is 278 g/mol. The van der Waals surface area contributed by atoms with E-state index in [9.17, 15) is 4.79 Å². The summed E-state index contributed by atoms with van der Waals surface area (Å²) in [5.74, 6) is 0.0972. The zero-order valence-electron chi connectivity index (χ0n) is 12.4. The monoisotopic (exact) mass is 297 g/mol. The summed E-state index contributed by atoms with van der Waals surface area (Å²) < 4.78 is 5.60. The maximum Gasteiger partial charge on any atom is 0.252 e. The van der Waals surface area contributed by atoms with E-state index in [1.807, 2.05) is 23.1 Å². The number of aromatic amines is 1. The molecule has 2 aliphatic rings. The van der Waals surface area contributed by atoms with Crippen LogP contribution in [0.15, 0.2) is 36.7 Å². The number of fused-ring (bicyclic) bond motifs is 1. The molecule has 114 valence electrons. The fraction of sp³-hybridized carbons (Fsp3) is 0.412. The molecule has 1 N–H and O–H groups in total. The van der Waals surface area contributed by atoms with E-state index in [0.29, 0.717) is 13.2 Å². The molecule has 2 aromatic rings. The Morgan fingerprint density at radius 1 is 1.32 bits per heavy atom. The van der Waals surface area contributed by atoms with Gasteiger partial charge in [-0.1, -0.05) is 30.3 Å². The molecule has 4 rings (SSSR count). The minimum atomic E-state index is -0.285. The van der Waals surface area contributed by atoms with E-state index < -0.39 is 0 Å². The van der Waals surface area contributed by atoms with Gasteiger partial charge < -0.3 is 14.6 Å². The molecule has 0 spiro atoms. The van der Waals surface area contributed by atoms with Gasteiger partial charge >= 0.3 is 0 Å². The summed E-state index contributed by atoms with van der Waals surface area (Å²) in [6.45, 7) is 1.39. The highest BCUT2D eigenvalue weighted by atomic mass is 16.5. The van der Waals surface area contributed by atoms with E-state index in [0.717, 1.165) is 36.2 Å². The number of hydrogen-bond acceptors (Lipinski definition) is 3. The SMILES string of the molecule is O=C(C1CCCO1)N1CCc2[nH]cnc2C1c1ccccc1. The molecule has 0 bridgehead atoms. The number of benzene rings is 1. The maximum absolute atomic E-state index is 12.9. The second kappa shape index (κ2) is 5.57. The molecule has 2 atom stereocenters. The lowest BCUT2D eigenvalue weighted by atomic mass is 9.95. The quantitative estimate of drug-likeness (QED) is 0.923. The van der Waals surface area contributed by atoms with Gasteiger partial charge in [-0.2, -0.15) is 0 Å². The van der Waals surface area contributed by atoms with Crippen LogP contribution in [0.5, 0.6) is 0 Å². The second-order valence-corrected chi connectivity index (χ2v) is 5.86. The third-order valence-corrected chi connectivity index (χ3v) is 4.53. The molecule has 5 heteroatoms. The van der Waals surface area contributed by atoms with Crippen LogP contribution in [0.25, 0.3) is 0 Å². The van der Waals surface area contributed by atoms with Crippen LogP contribution in [-0.4, -0.2) is 40.0 Å². The van der Waals surface area contributed by atoms with E-state index in [4.69, 9.17) is 4.74 Å². The summed E-state index contributed by atoms with van der Waals surface area (Å²) in [6, 6.07) is 10.0. The predicted molar refractivity (Wildman–Crippen MR) is 81.3 cm³/mol. The Balaban J connectivity index is 1.72. The maximum atomic E-state index is 12.9. The molecule has 1 aromatic carbocycles. The van der Waals surface area contributed by atoms with Gasteiger partial charge in [0.2, 0.25) is 0 Å². The molecule has 1 fully saturated rings. The molecular formula is C17H19N3O2. The summed E-state index contributed by atoms with van der Waals surface area (Å²) in [6.07, 6.45) is 4.04. The Morgan fingerprint density at radius 3 is 2.95 bits per heavy atom. The van der Waals surface area contributed by atoms with Crippen molar-refractivity contribution in [2.24, 2.45) is 0 Å². The van der Waals surface area contributed by atoms with Crippen molar-refractivity contribution in [2.45, 2.75) is 31.4 Å². The van der Waals surface area contributed by atoms with Gasteiger partial charge in [-0.3, -0.25) is 4.79 Å². The average molecular weight is 297 g/mol. The first kappa shape index (κ1) is 13.5. The van der Waals surface area contributed by atoms with Crippen LogP contribution in [-0.2, 0) is 16.0 Å². The van der Waals surface area contributed by atoms with Crippen molar-refractivity contribution in [2.75, 3.05) is 13.2 Å². The highest BCUT2D eigenvalue weighted by Gasteiger charge is 2.38. The standard InChI is InChI=1S/C17H19N3O2/c21-17(14-7-4-10-22-14)20-9-8-13-15(19-11-18-13)16(20)12-5-2-1-3-6-12/h1-3,5-6,11,14,16H,4,7-10H2,(H,18,19). The van der Waals surface area contributed by atoms with Crippen LogP contribution in [0.3, 0.4) is 0 Å². The van der Waals surface area contributed by atoms with Gasteiger partial charge in [-0.25, -0.2) is 4.98 Å². The highest BCUT2D eigenvalue weighted by molar-refractivity contribution is 5.82. The number of hydrogen-bond donors (Lipinski definition) is 1. The number of aromatic nitrogens is 2. The summed E-state index contributed by atoms with van der Waals surface area (Å²) in [4.78, 5) is 22.5. The van der Waals surface area contributed by atoms with E-state index in [2.05, 4.69) is 22.1 Å². The Hall–Kier alpha value is -2.14. The lowest BCUT2D eigenvalue weighted by Gasteiger charge is -2.36. The Labute approximate surface area is 129 Å². The smallest absolute Gasteiger partial charge is 0.252 e. The number of rotatable bonds is 2. The van der Waals surface area contributed by atoms with E-state index in [1.165, 1.54) is 0 Å². The molecule has 1 saturated heterocycles. The van der Waals surface area contributed by atoms with Crippen molar-refractivity contribution in [1.82, 2.24) is 14.9 Å². The van der Waals surface area contributed by atoms with Crippen molar-refractivity contribution in [3.8, 4) is 0 Å². The normalized spacial score (nSPS) is 24.3. The number of H-pyrrole nitrogens is 1. The van der Waals surface area contributed by atoms with Crippen molar-refractivity contribution < 1.29 is 9.53 Å². The lowest BCUT2D eigenvalue weighted by Crippen LogP contribution is -2.45. The molecule has 5 nitrogen and oxygen atoms in total. The molecule has 0 radical (unpaired) electrons. The molecule has 1 amide bonds. The number of amides is 1. The molecule has 2 unspecified atom stereocenters. The van der Waals surface area contributed by atoms with Crippen LogP contribution < -0.4 is 0 Å². The van der Waals surface area contributed by atoms with Gasteiger partial charge in [0.25, 0.3) is 5.91 Å². The van der Waals surface area contributed by atoms with Gasteiger partial charge in [-0.05, 0) is 18.4 Å². The van der Waals surface area contributed by atoms with Crippen LogP contribution in [0.4, 0.5) is 0 Å². The van der Waals surface area contributed by atoms with Gasteiger partial charge in [0.1, 0.15) is 12.1 Å². The third kappa shape index (κ3) is 2.22. The van der Waals surface area contributed by atoms with Crippen molar-refractivity contribution in [3.63, 3.8) is 0 Å². The number of ether oxygens (including phenoxy) is 1. The largest absolute Gasteiger partial charge is 0.368 e. The topological polar surface area (TPSA) is 58.2 Å². The van der Waals surface area contributed by atoms with E-state index in [-0.39, 0.29) is 18.1 Å². The molecule has 0 aliphatic carbocycles. The fourth-order valence-electron chi connectivity index (χ4n) is 3.44. The predicted octanol–water partition coefficient (Wildman–Crippen LogP) is 2.06. The zero-order valence-corrected chi connectivity index (χ0v) is 12.4. The van der Waals surface area contributed by atoms with Crippen molar-refractivity contribution in [1.29, 1.82) is 0 Å². The molecule has 1 aromatic heterocycles. The number of nitrogens with zero attached hydrogens (tertiary/aromatic N) is 2. The summed E-state index contributed by atoms with van der Waals surface area (Å²) in [7, 11) is 0. The van der Waals surface area contributed by atoms with Crippen molar-refractivity contribution >= 4 is 5.91 Å². The Kier molecular flexibility index (Phi) is 3.42. The van der Waals surface area contributed by atoms with Gasteiger partial charge in [0.05, 0.1) is 12.0 Å². The number of carbonyl (C=O) groups is 1. The summed E-state index contributed by atoms with van der Waals surface area (Å²) >= 11 is 0. The number of nitrogens with one attached hydrogen (secondary N) is 1. The second-order valence-electron chi connectivity index (χ2n) is 5.86. The van der Waals surface area contributed by atoms with Gasteiger partial charge in [0.15, 0.2) is 0 Å². The third-order valence-electron chi connectivity index (χ3n) is 4.53. The van der Waals surface area contributed by atoms with Gasteiger partial charge in [0, 0.05) is 25.3 Å². The number of imidazole rings is 1. The van der Waals surface area contributed by atoms with Crippen molar-refractivity contribution in [3.05, 3.63) is 53.6 Å². The Morgan fingerprint density at radius 2 is 2.18 bits per heavy atom. The van der Waals surface area contributed by atoms with Crippen LogP contribution >= 0.6 is 0 Å². The first-order chi connectivity index (χ1) is 10.8. The Bertz CT molecular complexity index is 662. The minimum Gasteiger partial charge on any atom is -0.368 e. The van der Waals surface area contributed by atoms with Crippen LogP contribution in [0.2, 0.25) is 0 Å². The molecule has 2 aliphatic heterocycles.